The first-order valence-electron chi connectivity index (χ1n) is 7.45. The number of unbranched alkanes of at least 4 members (excludes halogenated alkanes) is 3. The van der Waals surface area contributed by atoms with Gasteiger partial charge in [-0.2, -0.15) is 11.3 Å². The molecule has 0 atom stereocenters. The van der Waals surface area contributed by atoms with Gasteiger partial charge in [-0.3, -0.25) is 0 Å². The van der Waals surface area contributed by atoms with E-state index >= 15 is 0 Å². The Labute approximate surface area is 107 Å². The predicted molar refractivity (Wildman–Crippen MR) is 74.3 cm³/mol. The second kappa shape index (κ2) is 8.77. The maximum Gasteiger partial charge on any atom is 0.0742 e. The summed E-state index contributed by atoms with van der Waals surface area (Å²) in [6.07, 6.45) is 5.92. The molecular weight excluding hydrogens is 214 g/mol. The van der Waals surface area contributed by atoms with Gasteiger partial charge in [0.05, 0.1) is 2.74 Å². The summed E-state index contributed by atoms with van der Waals surface area (Å²) >= 11 is 1.27. The molecule has 0 bridgehead atoms. The van der Waals surface area contributed by atoms with E-state index in [2.05, 4.69) is 18.7 Å². The van der Waals surface area contributed by atoms with Crippen molar-refractivity contribution in [3.63, 3.8) is 0 Å². The Bertz CT molecular complexity index is 335. The highest BCUT2D eigenvalue weighted by molar-refractivity contribution is 7.07. The summed E-state index contributed by atoms with van der Waals surface area (Å²) < 4.78 is 15.2. The minimum atomic E-state index is 0.525. The molecule has 0 aliphatic rings. The molecule has 0 N–H and O–H groups in total. The molecule has 0 spiro atoms. The minimum absolute atomic E-state index is 0.525. The smallest absolute Gasteiger partial charge is 0.0742 e. The zero-order valence-electron chi connectivity index (χ0n) is 12.6. The highest BCUT2D eigenvalue weighted by Crippen LogP contribution is 2.11. The Morgan fingerprint density at radius 3 is 2.56 bits per heavy atom. The molecule has 1 nitrogen and oxygen atoms in total. The van der Waals surface area contributed by atoms with Crippen LogP contribution in [0.15, 0.2) is 16.8 Å². The summed E-state index contributed by atoms with van der Waals surface area (Å²) in [6, 6.07) is 1.85. The molecular formula is C14H25NS. The second-order valence-electron chi connectivity index (χ2n) is 4.18. The van der Waals surface area contributed by atoms with E-state index in [9.17, 15) is 0 Å². The molecule has 0 radical (unpaired) electrons. The molecule has 1 rings (SSSR count). The lowest BCUT2D eigenvalue weighted by Crippen LogP contribution is -2.23. The van der Waals surface area contributed by atoms with Gasteiger partial charge in [0.1, 0.15) is 0 Å². The Morgan fingerprint density at radius 1 is 1.19 bits per heavy atom. The van der Waals surface area contributed by atoms with Crippen molar-refractivity contribution in [3.05, 3.63) is 22.3 Å². The maximum atomic E-state index is 7.71. The fourth-order valence-corrected chi connectivity index (χ4v) is 2.44. The average molecular weight is 243 g/mol. The van der Waals surface area contributed by atoms with Crippen LogP contribution >= 0.6 is 11.3 Å². The van der Waals surface area contributed by atoms with Gasteiger partial charge < -0.3 is 4.90 Å². The highest BCUT2D eigenvalue weighted by Gasteiger charge is 1.98. The Morgan fingerprint density at radius 2 is 1.94 bits per heavy atom. The fraction of sp³-hybridized carbons (Fsp3) is 0.714. The Kier molecular flexibility index (Phi) is 5.92. The number of nitrogens with zero attached hydrogens (tertiary/aromatic N) is 1. The number of aryl methyl sites for hydroxylation is 1. The first-order valence-corrected chi connectivity index (χ1v) is 7.27. The first kappa shape index (κ1) is 10.8. The van der Waals surface area contributed by atoms with Crippen LogP contribution in [-0.4, -0.2) is 24.5 Å². The van der Waals surface area contributed by atoms with Crippen LogP contribution in [0.4, 0.5) is 0 Å². The minimum Gasteiger partial charge on any atom is -0.304 e. The average Bonchev–Trinajstić information content (AvgIpc) is 2.67. The van der Waals surface area contributed by atoms with E-state index in [0.29, 0.717) is 10.7 Å². The van der Waals surface area contributed by atoms with Crippen molar-refractivity contribution in [2.45, 2.75) is 46.0 Å². The zero-order chi connectivity index (χ0) is 13.4. The summed E-state index contributed by atoms with van der Waals surface area (Å²) in [5.74, 6) is 0. The largest absolute Gasteiger partial charge is 0.304 e. The summed E-state index contributed by atoms with van der Waals surface area (Å²) in [5, 5.41) is 1.11. The monoisotopic (exact) mass is 243 g/mol. The van der Waals surface area contributed by atoms with Gasteiger partial charge in [0.25, 0.3) is 0 Å². The lowest BCUT2D eigenvalue weighted by Gasteiger charge is -2.17. The van der Waals surface area contributed by atoms with Crippen molar-refractivity contribution >= 4 is 11.3 Å². The molecule has 0 saturated carbocycles. The van der Waals surface area contributed by atoms with Crippen molar-refractivity contribution in [2.24, 2.45) is 0 Å². The molecule has 0 aliphatic heterocycles. The van der Waals surface area contributed by atoms with Crippen LogP contribution in [0.2, 0.25) is 0 Å². The molecule has 0 amide bonds. The van der Waals surface area contributed by atoms with Gasteiger partial charge in [-0.15, -0.1) is 0 Å². The van der Waals surface area contributed by atoms with E-state index in [4.69, 9.17) is 2.74 Å². The third kappa shape index (κ3) is 5.66. The van der Waals surface area contributed by atoms with Gasteiger partial charge in [0.15, 0.2) is 0 Å². The van der Waals surface area contributed by atoms with E-state index in [1.54, 1.807) is 0 Å². The number of rotatable bonds is 9. The van der Waals surface area contributed by atoms with Crippen molar-refractivity contribution in [2.75, 3.05) is 19.6 Å². The predicted octanol–water partition coefficient (Wildman–Crippen LogP) is 4.19. The van der Waals surface area contributed by atoms with E-state index in [0.717, 1.165) is 31.5 Å². The van der Waals surface area contributed by atoms with Gasteiger partial charge >= 0.3 is 0 Å². The number of hydrogen-bond acceptors (Lipinski definition) is 2. The lowest BCUT2D eigenvalue weighted by molar-refractivity contribution is 0.295. The second-order valence-corrected chi connectivity index (χ2v) is 4.83. The molecule has 0 unspecified atom stereocenters. The van der Waals surface area contributed by atoms with Crippen molar-refractivity contribution in [1.82, 2.24) is 4.90 Å². The van der Waals surface area contributed by atoms with Crippen LogP contribution in [0, 0.1) is 0 Å². The topological polar surface area (TPSA) is 3.24 Å². The van der Waals surface area contributed by atoms with Crippen LogP contribution in [0.3, 0.4) is 0 Å². The SMILES string of the molecule is [3H]c1cc(CCCCCCN(CC)CC)c([3H])s1. The highest BCUT2D eigenvalue weighted by atomic mass is 32.1. The summed E-state index contributed by atoms with van der Waals surface area (Å²) in [7, 11) is 0. The molecule has 1 aromatic heterocycles. The van der Waals surface area contributed by atoms with Gasteiger partial charge in [-0.05, 0) is 61.2 Å². The van der Waals surface area contributed by atoms with Crippen LogP contribution in [0.5, 0.6) is 0 Å². The standard InChI is InChI=1S/C14H25NS/c1-3-15(4-2)11-8-6-5-7-9-14-10-12-16-13-14/h10,12-13H,3-9,11H2,1-2H3/i12T,13T. The summed E-state index contributed by atoms with van der Waals surface area (Å²) in [4.78, 5) is 2.47. The van der Waals surface area contributed by atoms with Crippen LogP contribution < -0.4 is 0 Å². The van der Waals surface area contributed by atoms with E-state index in [1.807, 2.05) is 6.07 Å². The lowest BCUT2D eigenvalue weighted by atomic mass is 10.1. The van der Waals surface area contributed by atoms with Crippen LogP contribution in [-0.2, 0) is 6.42 Å². The summed E-state index contributed by atoms with van der Waals surface area (Å²) in [5.41, 5.74) is 1.06. The number of thiophene rings is 1. The molecule has 92 valence electrons. The molecule has 16 heavy (non-hydrogen) atoms. The van der Waals surface area contributed by atoms with Crippen LogP contribution in [0.1, 0.15) is 47.8 Å². The molecule has 2 heteroatoms. The Hall–Kier alpha value is -0.340. The molecule has 0 fully saturated rings. The van der Waals surface area contributed by atoms with Gasteiger partial charge in [-0.25, -0.2) is 0 Å². The van der Waals surface area contributed by atoms with Gasteiger partial charge in [0.2, 0.25) is 0 Å². The van der Waals surface area contributed by atoms with Gasteiger partial charge in [-0.1, -0.05) is 26.7 Å². The molecule has 0 saturated heterocycles. The summed E-state index contributed by atoms with van der Waals surface area (Å²) in [6.45, 7) is 7.95. The maximum absolute atomic E-state index is 7.71. The third-order valence-electron chi connectivity index (χ3n) is 3.04. The fourth-order valence-electron chi connectivity index (χ4n) is 1.89. The normalized spacial score (nSPS) is 12.9. The quantitative estimate of drug-likeness (QED) is 0.588. The Balaban J connectivity index is 2.07. The van der Waals surface area contributed by atoms with Crippen molar-refractivity contribution < 1.29 is 2.74 Å². The molecule has 1 aromatic rings. The molecule has 0 aliphatic carbocycles. The van der Waals surface area contributed by atoms with E-state index in [-0.39, 0.29) is 0 Å². The number of hydrogen-bond donors (Lipinski definition) is 0. The van der Waals surface area contributed by atoms with Crippen molar-refractivity contribution in [1.29, 1.82) is 0 Å². The van der Waals surface area contributed by atoms with Crippen LogP contribution in [0.25, 0.3) is 0 Å². The first-order chi connectivity index (χ1) is 8.67. The zero-order valence-corrected chi connectivity index (χ0v) is 11.4. The van der Waals surface area contributed by atoms with Crippen molar-refractivity contribution in [3.8, 4) is 0 Å². The van der Waals surface area contributed by atoms with E-state index in [1.165, 1.54) is 37.1 Å². The third-order valence-corrected chi connectivity index (χ3v) is 3.64. The van der Waals surface area contributed by atoms with Gasteiger partial charge in [0, 0.05) is 0 Å². The molecule has 1 heterocycles. The van der Waals surface area contributed by atoms with E-state index < -0.39 is 0 Å². The molecule has 0 aromatic carbocycles.